The normalized spacial score (nSPS) is 11.7. The lowest BCUT2D eigenvalue weighted by atomic mass is 10.2. The first-order chi connectivity index (χ1) is 10.8. The number of carbonyl (C=O) groups is 1. The van der Waals surface area contributed by atoms with Gasteiger partial charge >= 0.3 is 0 Å². The molecule has 124 valence electrons. The summed E-state index contributed by atoms with van der Waals surface area (Å²) in [6.07, 6.45) is 3.27. The summed E-state index contributed by atoms with van der Waals surface area (Å²) in [6.45, 7) is 0.193. The van der Waals surface area contributed by atoms with Crippen molar-refractivity contribution in [3.8, 4) is 0 Å². The standard InChI is InChI=1S/C14H17BrN4O3S/c1-18(2)23(21,22)13-6-4-3-5-11(13)7-16-14(20)10-19-9-12(15)8-17-19/h3-6,8-9H,7,10H2,1-2H3,(H,16,20). The second kappa shape index (κ2) is 7.24. The van der Waals surface area contributed by atoms with Crippen LogP contribution in [0.15, 0.2) is 46.0 Å². The molecule has 0 aliphatic carbocycles. The number of benzene rings is 1. The van der Waals surface area contributed by atoms with Gasteiger partial charge in [0.25, 0.3) is 0 Å². The van der Waals surface area contributed by atoms with E-state index in [0.29, 0.717) is 5.56 Å². The number of halogens is 1. The van der Waals surface area contributed by atoms with Gasteiger partial charge in [-0.05, 0) is 27.6 Å². The number of nitrogens with one attached hydrogen (secondary N) is 1. The molecular weight excluding hydrogens is 384 g/mol. The highest BCUT2D eigenvalue weighted by Crippen LogP contribution is 2.18. The van der Waals surface area contributed by atoms with Gasteiger partial charge in [-0.25, -0.2) is 12.7 Å². The molecule has 0 fully saturated rings. The minimum atomic E-state index is -3.55. The second-order valence-corrected chi connectivity index (χ2v) is 8.06. The van der Waals surface area contributed by atoms with Gasteiger partial charge in [0.05, 0.1) is 15.6 Å². The number of nitrogens with zero attached hydrogens (tertiary/aromatic N) is 3. The Hall–Kier alpha value is -1.71. The predicted octanol–water partition coefficient (Wildman–Crippen LogP) is 1.21. The minimum Gasteiger partial charge on any atom is -0.350 e. The Morgan fingerprint density at radius 3 is 2.65 bits per heavy atom. The average molecular weight is 401 g/mol. The van der Waals surface area contributed by atoms with Gasteiger partial charge in [-0.2, -0.15) is 5.10 Å². The number of rotatable bonds is 6. The van der Waals surface area contributed by atoms with Crippen LogP contribution in [0.25, 0.3) is 0 Å². The lowest BCUT2D eigenvalue weighted by molar-refractivity contribution is -0.122. The molecule has 2 rings (SSSR count). The highest BCUT2D eigenvalue weighted by atomic mass is 79.9. The van der Waals surface area contributed by atoms with Crippen molar-refractivity contribution in [1.29, 1.82) is 0 Å². The van der Waals surface area contributed by atoms with Crippen LogP contribution in [0.2, 0.25) is 0 Å². The summed E-state index contributed by atoms with van der Waals surface area (Å²) in [5.74, 6) is -0.252. The van der Waals surface area contributed by atoms with Crippen LogP contribution in [-0.2, 0) is 27.9 Å². The first kappa shape index (κ1) is 17.6. The van der Waals surface area contributed by atoms with E-state index in [2.05, 4.69) is 26.3 Å². The fourth-order valence-corrected chi connectivity index (χ4v) is 3.36. The van der Waals surface area contributed by atoms with Crippen molar-refractivity contribution >= 4 is 31.9 Å². The van der Waals surface area contributed by atoms with Gasteiger partial charge in [0.15, 0.2) is 0 Å². The smallest absolute Gasteiger partial charge is 0.242 e. The van der Waals surface area contributed by atoms with Crippen LogP contribution in [0.4, 0.5) is 0 Å². The molecule has 1 N–H and O–H groups in total. The van der Waals surface area contributed by atoms with E-state index in [0.717, 1.165) is 8.78 Å². The SMILES string of the molecule is CN(C)S(=O)(=O)c1ccccc1CNC(=O)Cn1cc(Br)cn1. The number of aromatic nitrogens is 2. The molecule has 0 unspecified atom stereocenters. The minimum absolute atomic E-state index is 0.0637. The molecule has 2 aromatic rings. The maximum Gasteiger partial charge on any atom is 0.242 e. The van der Waals surface area contributed by atoms with Crippen molar-refractivity contribution in [2.45, 2.75) is 18.0 Å². The highest BCUT2D eigenvalue weighted by molar-refractivity contribution is 9.10. The summed E-state index contributed by atoms with van der Waals surface area (Å²) >= 11 is 3.26. The number of hydrogen-bond acceptors (Lipinski definition) is 4. The first-order valence-corrected chi connectivity index (χ1v) is 8.99. The third-order valence-electron chi connectivity index (χ3n) is 3.11. The molecule has 0 saturated heterocycles. The number of amides is 1. The number of hydrogen-bond donors (Lipinski definition) is 1. The van der Waals surface area contributed by atoms with Crippen LogP contribution in [0.1, 0.15) is 5.56 Å². The fourth-order valence-electron chi connectivity index (χ4n) is 1.92. The van der Waals surface area contributed by atoms with Crippen molar-refractivity contribution in [3.63, 3.8) is 0 Å². The van der Waals surface area contributed by atoms with Crippen molar-refractivity contribution in [2.24, 2.45) is 0 Å². The number of sulfonamides is 1. The van der Waals surface area contributed by atoms with Crippen molar-refractivity contribution in [3.05, 3.63) is 46.7 Å². The zero-order chi connectivity index (χ0) is 17.0. The Morgan fingerprint density at radius 1 is 1.35 bits per heavy atom. The van der Waals surface area contributed by atoms with Crippen molar-refractivity contribution < 1.29 is 13.2 Å². The average Bonchev–Trinajstić information content (AvgIpc) is 2.90. The summed E-state index contributed by atoms with van der Waals surface area (Å²) in [5.41, 5.74) is 0.538. The van der Waals surface area contributed by atoms with Crippen LogP contribution in [0.5, 0.6) is 0 Å². The maximum atomic E-state index is 12.3. The molecule has 7 nitrogen and oxygen atoms in total. The largest absolute Gasteiger partial charge is 0.350 e. The topological polar surface area (TPSA) is 84.3 Å². The van der Waals surface area contributed by atoms with Crippen LogP contribution < -0.4 is 5.32 Å². The lowest BCUT2D eigenvalue weighted by Crippen LogP contribution is -2.29. The zero-order valence-corrected chi connectivity index (χ0v) is 15.1. The maximum absolute atomic E-state index is 12.3. The van der Waals surface area contributed by atoms with Gasteiger partial charge in [0.2, 0.25) is 15.9 Å². The first-order valence-electron chi connectivity index (χ1n) is 6.76. The van der Waals surface area contributed by atoms with E-state index in [1.807, 2.05) is 0 Å². The monoisotopic (exact) mass is 400 g/mol. The van der Waals surface area contributed by atoms with Crippen LogP contribution in [0, 0.1) is 0 Å². The predicted molar refractivity (Wildman–Crippen MR) is 89.1 cm³/mol. The quantitative estimate of drug-likeness (QED) is 0.789. The van der Waals surface area contributed by atoms with Gasteiger partial charge in [-0.3, -0.25) is 9.48 Å². The Bertz CT molecular complexity index is 802. The molecule has 0 aliphatic heterocycles. The van der Waals surface area contributed by atoms with Crippen LogP contribution in [-0.4, -0.2) is 42.5 Å². The van der Waals surface area contributed by atoms with E-state index in [1.54, 1.807) is 30.6 Å². The molecule has 23 heavy (non-hydrogen) atoms. The molecule has 1 amide bonds. The van der Waals surface area contributed by atoms with Crippen LogP contribution in [0.3, 0.4) is 0 Å². The number of carbonyl (C=O) groups excluding carboxylic acids is 1. The van der Waals surface area contributed by atoms with Gasteiger partial charge in [-0.15, -0.1) is 0 Å². The van der Waals surface area contributed by atoms with E-state index in [4.69, 9.17) is 0 Å². The highest BCUT2D eigenvalue weighted by Gasteiger charge is 2.20. The van der Waals surface area contributed by atoms with E-state index in [9.17, 15) is 13.2 Å². The van der Waals surface area contributed by atoms with E-state index < -0.39 is 10.0 Å². The Labute approximate surface area is 143 Å². The molecule has 0 saturated carbocycles. The van der Waals surface area contributed by atoms with E-state index in [1.165, 1.54) is 24.8 Å². The van der Waals surface area contributed by atoms with Crippen molar-refractivity contribution in [2.75, 3.05) is 14.1 Å². The van der Waals surface area contributed by atoms with Crippen molar-refractivity contribution in [1.82, 2.24) is 19.4 Å². The van der Waals surface area contributed by atoms with Gasteiger partial charge in [0, 0.05) is 26.8 Å². The Kier molecular flexibility index (Phi) is 5.55. The second-order valence-electron chi connectivity index (χ2n) is 5.03. The van der Waals surface area contributed by atoms with E-state index in [-0.39, 0.29) is 23.9 Å². The lowest BCUT2D eigenvalue weighted by Gasteiger charge is -2.15. The molecule has 1 aromatic carbocycles. The summed E-state index contributed by atoms with van der Waals surface area (Å²) in [5, 5.41) is 6.71. The molecule has 1 aromatic heterocycles. The van der Waals surface area contributed by atoms with Gasteiger partial charge < -0.3 is 5.32 Å². The third kappa shape index (κ3) is 4.40. The van der Waals surface area contributed by atoms with Gasteiger partial charge in [-0.1, -0.05) is 18.2 Å². The molecule has 1 heterocycles. The molecule has 0 atom stereocenters. The molecular formula is C14H17BrN4O3S. The fraction of sp³-hybridized carbons (Fsp3) is 0.286. The summed E-state index contributed by atoms with van der Waals surface area (Å²) in [4.78, 5) is 12.1. The van der Waals surface area contributed by atoms with Crippen LogP contribution >= 0.6 is 15.9 Å². The molecule has 0 aliphatic rings. The molecule has 0 spiro atoms. The Morgan fingerprint density at radius 2 is 2.04 bits per heavy atom. The molecule has 0 radical (unpaired) electrons. The summed E-state index contributed by atoms with van der Waals surface area (Å²) in [6, 6.07) is 6.60. The Balaban J connectivity index is 2.08. The molecule has 9 heteroatoms. The zero-order valence-electron chi connectivity index (χ0n) is 12.7. The third-order valence-corrected chi connectivity index (χ3v) is 5.44. The summed E-state index contributed by atoms with van der Waals surface area (Å²) < 4.78 is 28.0. The molecule has 0 bridgehead atoms. The van der Waals surface area contributed by atoms with E-state index >= 15 is 0 Å². The van der Waals surface area contributed by atoms with Gasteiger partial charge in [0.1, 0.15) is 6.54 Å². The summed E-state index contributed by atoms with van der Waals surface area (Å²) in [7, 11) is -0.608.